The third-order valence-corrected chi connectivity index (χ3v) is 2.85. The van der Waals surface area contributed by atoms with Gasteiger partial charge in [-0.2, -0.15) is 0 Å². The van der Waals surface area contributed by atoms with Crippen LogP contribution in [0, 0.1) is 5.92 Å². The predicted molar refractivity (Wildman–Crippen MR) is 54.7 cm³/mol. The van der Waals surface area contributed by atoms with Crippen molar-refractivity contribution in [2.45, 2.75) is 19.3 Å². The van der Waals surface area contributed by atoms with Crippen molar-refractivity contribution in [3.8, 4) is 0 Å². The first-order valence-electron chi connectivity index (χ1n) is 4.93. The van der Waals surface area contributed by atoms with Crippen LogP contribution in [-0.4, -0.2) is 13.1 Å². The van der Waals surface area contributed by atoms with Gasteiger partial charge in [0.25, 0.3) is 0 Å². The maximum atomic E-state index is 11.5. The van der Waals surface area contributed by atoms with Gasteiger partial charge in [-0.15, -0.1) is 0 Å². The molecule has 2 aliphatic rings. The van der Waals surface area contributed by atoms with E-state index < -0.39 is 0 Å². The number of rotatable bonds is 1. The van der Waals surface area contributed by atoms with Crippen LogP contribution in [0.3, 0.4) is 0 Å². The fraction of sp³-hybridized carbons (Fsp3) is 0.417. The van der Waals surface area contributed by atoms with E-state index in [0.717, 1.165) is 19.3 Å². The Kier molecular flexibility index (Phi) is 2.53. The second kappa shape index (κ2) is 3.82. The van der Waals surface area contributed by atoms with E-state index in [1.165, 1.54) is 18.3 Å². The summed E-state index contributed by atoms with van der Waals surface area (Å²) in [6.45, 7) is 0. The van der Waals surface area contributed by atoms with Crippen LogP contribution >= 0.6 is 0 Å². The van der Waals surface area contributed by atoms with Gasteiger partial charge in [0, 0.05) is 0 Å². The second-order valence-corrected chi connectivity index (χ2v) is 3.64. The molecule has 0 spiro atoms. The van der Waals surface area contributed by atoms with Crippen LogP contribution in [0.25, 0.3) is 0 Å². The molecule has 0 saturated carbocycles. The molecule has 2 heteroatoms. The van der Waals surface area contributed by atoms with E-state index in [0.29, 0.717) is 0 Å². The molecule has 1 atom stereocenters. The largest absolute Gasteiger partial charge is 0.468 e. The van der Waals surface area contributed by atoms with Gasteiger partial charge in [-0.25, -0.2) is 0 Å². The van der Waals surface area contributed by atoms with Gasteiger partial charge >= 0.3 is 5.97 Å². The third kappa shape index (κ3) is 1.52. The number of carbonyl (C=O) groups is 1. The van der Waals surface area contributed by atoms with Crippen molar-refractivity contribution in [3.05, 3.63) is 35.5 Å². The molecule has 74 valence electrons. The monoisotopic (exact) mass is 190 g/mol. The molecule has 0 fully saturated rings. The van der Waals surface area contributed by atoms with Crippen LogP contribution < -0.4 is 0 Å². The number of methoxy groups -OCH3 is 1. The molecule has 2 rings (SSSR count). The Labute approximate surface area is 83.9 Å². The summed E-state index contributed by atoms with van der Waals surface area (Å²) in [5, 5.41) is 0. The van der Waals surface area contributed by atoms with Gasteiger partial charge in [-0.05, 0) is 24.8 Å². The first kappa shape index (κ1) is 9.25. The Morgan fingerprint density at radius 3 is 2.79 bits per heavy atom. The summed E-state index contributed by atoms with van der Waals surface area (Å²) in [6.07, 6.45) is 11.2. The number of ether oxygens (including phenoxy) is 1. The molecular weight excluding hydrogens is 176 g/mol. The number of hydrogen-bond donors (Lipinski definition) is 0. The minimum Gasteiger partial charge on any atom is -0.468 e. The minimum atomic E-state index is -0.135. The second-order valence-electron chi connectivity index (χ2n) is 3.64. The molecular formula is C12H14O2. The normalized spacial score (nSPS) is 24.8. The molecule has 0 amide bonds. The number of hydrogen-bond acceptors (Lipinski definition) is 2. The van der Waals surface area contributed by atoms with E-state index in [1.54, 1.807) is 0 Å². The molecule has 0 aromatic heterocycles. The molecule has 1 unspecified atom stereocenters. The fourth-order valence-electron chi connectivity index (χ4n) is 2.08. The minimum absolute atomic E-state index is 0.131. The van der Waals surface area contributed by atoms with E-state index in [4.69, 9.17) is 4.74 Å². The summed E-state index contributed by atoms with van der Waals surface area (Å²) in [5.74, 6) is -0.266. The summed E-state index contributed by atoms with van der Waals surface area (Å²) < 4.78 is 4.79. The topological polar surface area (TPSA) is 26.3 Å². The average molecular weight is 190 g/mol. The predicted octanol–water partition coefficient (Wildman–Crippen LogP) is 2.38. The Bertz CT molecular complexity index is 330. The zero-order valence-corrected chi connectivity index (χ0v) is 8.32. The van der Waals surface area contributed by atoms with Crippen LogP contribution in [0.15, 0.2) is 35.5 Å². The standard InChI is InChI=1S/C12H14O2/c1-14-12(13)11-8-4-6-9-5-2-3-7-10(9)11/h2-4,8,11H,5-7H2,1H3. The highest BCUT2D eigenvalue weighted by atomic mass is 16.5. The molecule has 14 heavy (non-hydrogen) atoms. The molecule has 0 aliphatic heterocycles. The summed E-state index contributed by atoms with van der Waals surface area (Å²) in [7, 11) is 1.45. The Hall–Kier alpha value is -1.31. The molecule has 0 radical (unpaired) electrons. The van der Waals surface area contributed by atoms with Crippen molar-refractivity contribution in [2.24, 2.45) is 5.92 Å². The van der Waals surface area contributed by atoms with Gasteiger partial charge in [0.15, 0.2) is 0 Å². The molecule has 0 aromatic carbocycles. The quantitative estimate of drug-likeness (QED) is 0.468. The van der Waals surface area contributed by atoms with Crippen molar-refractivity contribution in [2.75, 3.05) is 7.11 Å². The molecule has 0 N–H and O–H groups in total. The van der Waals surface area contributed by atoms with Gasteiger partial charge in [-0.3, -0.25) is 4.79 Å². The lowest BCUT2D eigenvalue weighted by molar-refractivity contribution is -0.142. The van der Waals surface area contributed by atoms with Crippen molar-refractivity contribution < 1.29 is 9.53 Å². The summed E-state index contributed by atoms with van der Waals surface area (Å²) in [4.78, 5) is 11.5. The average Bonchev–Trinajstić information content (AvgIpc) is 2.27. The molecule has 0 aromatic rings. The van der Waals surface area contributed by atoms with Crippen LogP contribution in [0.1, 0.15) is 19.3 Å². The molecule has 0 saturated heterocycles. The summed E-state index contributed by atoms with van der Waals surface area (Å²) in [5.41, 5.74) is 2.65. The smallest absolute Gasteiger partial charge is 0.316 e. The Morgan fingerprint density at radius 1 is 1.29 bits per heavy atom. The Balaban J connectivity index is 2.24. The van der Waals surface area contributed by atoms with Crippen LogP contribution in [0.5, 0.6) is 0 Å². The third-order valence-electron chi connectivity index (χ3n) is 2.85. The number of allylic oxidation sites excluding steroid dienone is 4. The first-order valence-corrected chi connectivity index (χ1v) is 4.93. The van der Waals surface area contributed by atoms with E-state index in [9.17, 15) is 4.79 Å². The van der Waals surface area contributed by atoms with Gasteiger partial charge < -0.3 is 4.74 Å². The molecule has 0 heterocycles. The van der Waals surface area contributed by atoms with Crippen molar-refractivity contribution in [1.82, 2.24) is 0 Å². The summed E-state index contributed by atoms with van der Waals surface area (Å²) >= 11 is 0. The highest BCUT2D eigenvalue weighted by Crippen LogP contribution is 2.33. The highest BCUT2D eigenvalue weighted by molar-refractivity contribution is 5.79. The van der Waals surface area contributed by atoms with Gasteiger partial charge in [0.2, 0.25) is 0 Å². The van der Waals surface area contributed by atoms with Crippen molar-refractivity contribution in [1.29, 1.82) is 0 Å². The molecule has 2 aliphatic carbocycles. The van der Waals surface area contributed by atoms with E-state index in [2.05, 4.69) is 18.2 Å². The van der Waals surface area contributed by atoms with Gasteiger partial charge in [0.05, 0.1) is 13.0 Å². The number of esters is 1. The van der Waals surface area contributed by atoms with E-state index in [1.807, 2.05) is 6.08 Å². The van der Waals surface area contributed by atoms with Crippen LogP contribution in [0.4, 0.5) is 0 Å². The Morgan fingerprint density at radius 2 is 2.00 bits per heavy atom. The maximum absolute atomic E-state index is 11.5. The van der Waals surface area contributed by atoms with Gasteiger partial charge in [-0.1, -0.05) is 29.9 Å². The molecule has 2 nitrogen and oxygen atoms in total. The van der Waals surface area contributed by atoms with Crippen molar-refractivity contribution in [3.63, 3.8) is 0 Å². The lowest BCUT2D eigenvalue weighted by Gasteiger charge is -2.24. The SMILES string of the molecule is COC(=O)C1C=CCC2=C1CC=CC2. The van der Waals surface area contributed by atoms with Gasteiger partial charge in [0.1, 0.15) is 0 Å². The number of carbonyl (C=O) groups excluding carboxylic acids is 1. The maximum Gasteiger partial charge on any atom is 0.316 e. The van der Waals surface area contributed by atoms with E-state index >= 15 is 0 Å². The lowest BCUT2D eigenvalue weighted by atomic mass is 9.82. The first-order chi connectivity index (χ1) is 6.83. The zero-order valence-electron chi connectivity index (χ0n) is 8.32. The van der Waals surface area contributed by atoms with Crippen LogP contribution in [-0.2, 0) is 9.53 Å². The zero-order chi connectivity index (χ0) is 9.97. The highest BCUT2D eigenvalue weighted by Gasteiger charge is 2.25. The summed E-state index contributed by atoms with van der Waals surface area (Å²) in [6, 6.07) is 0. The molecule has 0 bridgehead atoms. The van der Waals surface area contributed by atoms with E-state index in [-0.39, 0.29) is 11.9 Å². The van der Waals surface area contributed by atoms with Crippen molar-refractivity contribution >= 4 is 5.97 Å². The lowest BCUT2D eigenvalue weighted by Crippen LogP contribution is -2.20. The van der Waals surface area contributed by atoms with Crippen LogP contribution in [0.2, 0.25) is 0 Å². The fourth-order valence-corrected chi connectivity index (χ4v) is 2.08.